The van der Waals surface area contributed by atoms with Crippen LogP contribution < -0.4 is 5.32 Å². The summed E-state index contributed by atoms with van der Waals surface area (Å²) in [4.78, 5) is 2.21. The third-order valence-electron chi connectivity index (χ3n) is 5.92. The molecule has 3 heteroatoms. The van der Waals surface area contributed by atoms with Crippen molar-refractivity contribution in [1.29, 1.82) is 5.41 Å². The molecule has 1 saturated carbocycles. The van der Waals surface area contributed by atoms with Crippen LogP contribution in [0, 0.1) is 16.7 Å². The Labute approximate surface area is 129 Å². The van der Waals surface area contributed by atoms with E-state index in [-0.39, 0.29) is 0 Å². The van der Waals surface area contributed by atoms with Gasteiger partial charge < -0.3 is 10.2 Å². The molecule has 3 atom stereocenters. The van der Waals surface area contributed by atoms with Crippen molar-refractivity contribution in [2.75, 3.05) is 6.54 Å². The van der Waals surface area contributed by atoms with Crippen LogP contribution in [-0.4, -0.2) is 29.4 Å². The van der Waals surface area contributed by atoms with E-state index in [2.05, 4.69) is 37.6 Å². The minimum atomic E-state index is 0.420. The molecule has 2 saturated heterocycles. The molecule has 0 amide bonds. The first-order valence-corrected chi connectivity index (χ1v) is 8.40. The van der Waals surface area contributed by atoms with Gasteiger partial charge in [0.05, 0.1) is 0 Å². The predicted octanol–water partition coefficient (Wildman–Crippen LogP) is 3.69. The number of allylic oxidation sites excluding steroid dienone is 1. The van der Waals surface area contributed by atoms with Crippen LogP contribution in [0.15, 0.2) is 23.9 Å². The molecule has 2 N–H and O–H groups in total. The lowest BCUT2D eigenvalue weighted by atomic mass is 9.75. The summed E-state index contributed by atoms with van der Waals surface area (Å²) >= 11 is 0. The highest BCUT2D eigenvalue weighted by atomic mass is 15.2. The highest BCUT2D eigenvalue weighted by Crippen LogP contribution is 2.48. The molecule has 3 unspecified atom stereocenters. The molecule has 116 valence electrons. The smallest absolute Gasteiger partial charge is 0.122 e. The lowest BCUT2D eigenvalue weighted by Gasteiger charge is -2.38. The number of amidine groups is 1. The van der Waals surface area contributed by atoms with Crippen molar-refractivity contribution >= 4 is 5.84 Å². The zero-order chi connectivity index (χ0) is 15.2. The van der Waals surface area contributed by atoms with Crippen LogP contribution in [0.2, 0.25) is 0 Å². The molecule has 3 fully saturated rings. The van der Waals surface area contributed by atoms with Gasteiger partial charge in [0.2, 0.25) is 0 Å². The number of likely N-dealkylation sites (tertiary alicyclic amines) is 1. The standard InChI is InChI=1S/C18H29N3/c1-12-10-14-15(7-8-18(14,3)4)20-16(12)11-17(19)21-9-5-6-13(21)2/h11,13-15,19-20H,1,5-10H2,2-4H3/b16-11-,19-17?. The fourth-order valence-corrected chi connectivity index (χ4v) is 4.38. The Morgan fingerprint density at radius 1 is 1.43 bits per heavy atom. The molecule has 0 aromatic heterocycles. The average Bonchev–Trinajstić information content (AvgIpc) is 2.95. The molecule has 0 aromatic carbocycles. The van der Waals surface area contributed by atoms with Gasteiger partial charge in [-0.15, -0.1) is 0 Å². The molecular formula is C18H29N3. The highest BCUT2D eigenvalue weighted by Gasteiger charge is 2.44. The number of rotatable bonds is 1. The van der Waals surface area contributed by atoms with Crippen LogP contribution in [0.3, 0.4) is 0 Å². The summed E-state index contributed by atoms with van der Waals surface area (Å²) in [5.74, 6) is 1.35. The molecule has 0 radical (unpaired) electrons. The van der Waals surface area contributed by atoms with E-state index in [0.29, 0.717) is 29.3 Å². The fourth-order valence-electron chi connectivity index (χ4n) is 4.38. The SMILES string of the molecule is C=C1CC2C(CCC2(C)C)N/C1=C\C(=N)N1CCCC1C. The minimum absolute atomic E-state index is 0.420. The van der Waals surface area contributed by atoms with E-state index in [9.17, 15) is 0 Å². The maximum Gasteiger partial charge on any atom is 0.122 e. The first-order valence-electron chi connectivity index (χ1n) is 8.40. The van der Waals surface area contributed by atoms with Crippen LogP contribution in [0.5, 0.6) is 0 Å². The Bertz CT molecular complexity index is 489. The van der Waals surface area contributed by atoms with Gasteiger partial charge in [0, 0.05) is 30.4 Å². The van der Waals surface area contributed by atoms with E-state index < -0.39 is 0 Å². The average molecular weight is 287 g/mol. The molecule has 3 rings (SSSR count). The van der Waals surface area contributed by atoms with Crippen molar-refractivity contribution in [1.82, 2.24) is 10.2 Å². The Kier molecular flexibility index (Phi) is 3.62. The third-order valence-corrected chi connectivity index (χ3v) is 5.92. The molecule has 2 aliphatic heterocycles. The van der Waals surface area contributed by atoms with Gasteiger partial charge in [-0.05, 0) is 55.9 Å². The quantitative estimate of drug-likeness (QED) is 0.570. The monoisotopic (exact) mass is 287 g/mol. The van der Waals surface area contributed by atoms with Crippen molar-refractivity contribution < 1.29 is 0 Å². The van der Waals surface area contributed by atoms with Gasteiger partial charge >= 0.3 is 0 Å². The summed E-state index contributed by atoms with van der Waals surface area (Å²) in [6.45, 7) is 12.3. The molecule has 21 heavy (non-hydrogen) atoms. The van der Waals surface area contributed by atoms with Crippen LogP contribution in [0.4, 0.5) is 0 Å². The molecule has 1 aliphatic carbocycles. The van der Waals surface area contributed by atoms with E-state index in [4.69, 9.17) is 5.41 Å². The second-order valence-electron chi connectivity index (χ2n) is 7.82. The van der Waals surface area contributed by atoms with Crippen molar-refractivity contribution in [2.45, 2.75) is 65.0 Å². The van der Waals surface area contributed by atoms with Crippen molar-refractivity contribution in [2.24, 2.45) is 11.3 Å². The van der Waals surface area contributed by atoms with Crippen LogP contribution >= 0.6 is 0 Å². The fraction of sp³-hybridized carbons (Fsp3) is 0.722. The van der Waals surface area contributed by atoms with Crippen molar-refractivity contribution in [3.05, 3.63) is 23.9 Å². The van der Waals surface area contributed by atoms with Crippen LogP contribution in [0.1, 0.15) is 52.9 Å². The predicted molar refractivity (Wildman–Crippen MR) is 88.4 cm³/mol. The lowest BCUT2D eigenvalue weighted by molar-refractivity contribution is 0.223. The van der Waals surface area contributed by atoms with Crippen LogP contribution in [0.25, 0.3) is 0 Å². The first kappa shape index (κ1) is 14.7. The Balaban J connectivity index is 1.73. The highest BCUT2D eigenvalue weighted by molar-refractivity contribution is 5.91. The summed E-state index contributed by atoms with van der Waals surface area (Å²) in [5.41, 5.74) is 2.71. The zero-order valence-corrected chi connectivity index (χ0v) is 13.7. The second-order valence-corrected chi connectivity index (χ2v) is 7.82. The van der Waals surface area contributed by atoms with Gasteiger partial charge in [-0.1, -0.05) is 20.4 Å². The number of piperidine rings is 1. The molecule has 0 bridgehead atoms. The van der Waals surface area contributed by atoms with E-state index in [1.807, 2.05) is 6.08 Å². The minimum Gasteiger partial charge on any atom is -0.382 e. The summed E-state index contributed by atoms with van der Waals surface area (Å²) in [6.07, 6.45) is 8.05. The molecule has 0 aromatic rings. The maximum absolute atomic E-state index is 8.38. The van der Waals surface area contributed by atoms with E-state index in [0.717, 1.165) is 18.7 Å². The topological polar surface area (TPSA) is 39.1 Å². The van der Waals surface area contributed by atoms with Gasteiger partial charge in [0.1, 0.15) is 5.84 Å². The first-order chi connectivity index (χ1) is 9.88. The molecular weight excluding hydrogens is 258 g/mol. The van der Waals surface area contributed by atoms with Gasteiger partial charge in [-0.2, -0.15) is 0 Å². The zero-order valence-electron chi connectivity index (χ0n) is 13.7. The number of nitrogens with one attached hydrogen (secondary N) is 2. The number of hydrogen-bond acceptors (Lipinski definition) is 2. The van der Waals surface area contributed by atoms with Gasteiger partial charge in [-0.3, -0.25) is 5.41 Å². The lowest BCUT2D eigenvalue weighted by Crippen LogP contribution is -2.42. The van der Waals surface area contributed by atoms with Crippen molar-refractivity contribution in [3.63, 3.8) is 0 Å². The Hall–Kier alpha value is -1.25. The van der Waals surface area contributed by atoms with E-state index >= 15 is 0 Å². The largest absolute Gasteiger partial charge is 0.382 e. The van der Waals surface area contributed by atoms with Crippen LogP contribution in [-0.2, 0) is 0 Å². The van der Waals surface area contributed by atoms with E-state index in [1.54, 1.807) is 0 Å². The summed E-state index contributed by atoms with van der Waals surface area (Å²) in [7, 11) is 0. The third kappa shape index (κ3) is 2.63. The molecule has 0 spiro atoms. The summed E-state index contributed by atoms with van der Waals surface area (Å²) < 4.78 is 0. The summed E-state index contributed by atoms with van der Waals surface area (Å²) in [5, 5.41) is 12.1. The number of nitrogens with zero attached hydrogens (tertiary/aromatic N) is 1. The Morgan fingerprint density at radius 2 is 2.19 bits per heavy atom. The number of fused-ring (bicyclic) bond motifs is 1. The van der Waals surface area contributed by atoms with E-state index in [1.165, 1.54) is 31.3 Å². The molecule has 2 heterocycles. The Morgan fingerprint density at radius 3 is 2.86 bits per heavy atom. The van der Waals surface area contributed by atoms with Gasteiger partial charge in [-0.25, -0.2) is 0 Å². The normalized spacial score (nSPS) is 36.7. The summed E-state index contributed by atoms with van der Waals surface area (Å²) in [6, 6.07) is 1.07. The maximum atomic E-state index is 8.38. The second kappa shape index (κ2) is 5.19. The number of hydrogen-bond donors (Lipinski definition) is 2. The van der Waals surface area contributed by atoms with Gasteiger partial charge in [0.25, 0.3) is 0 Å². The van der Waals surface area contributed by atoms with Gasteiger partial charge in [0.15, 0.2) is 0 Å². The molecule has 3 aliphatic rings. The molecule has 3 nitrogen and oxygen atoms in total. The van der Waals surface area contributed by atoms with Crippen molar-refractivity contribution in [3.8, 4) is 0 Å².